The molecule has 4 aliphatic heterocycles. The van der Waals surface area contributed by atoms with E-state index in [2.05, 4.69) is 215 Å². The van der Waals surface area contributed by atoms with E-state index in [9.17, 15) is 0 Å². The van der Waals surface area contributed by atoms with Crippen LogP contribution in [0.15, 0.2) is 218 Å². The predicted molar refractivity (Wildman–Crippen MR) is 303 cm³/mol. The van der Waals surface area contributed by atoms with Crippen molar-refractivity contribution in [3.8, 4) is 57.4 Å². The summed E-state index contributed by atoms with van der Waals surface area (Å²) in [6.07, 6.45) is 0. The molecule has 0 N–H and O–H groups in total. The van der Waals surface area contributed by atoms with Crippen LogP contribution in [0.3, 0.4) is 0 Å². The van der Waals surface area contributed by atoms with Gasteiger partial charge in [-0.1, -0.05) is 146 Å². The lowest BCUT2D eigenvalue weighted by Crippen LogP contribution is -2.57. The maximum Gasteiger partial charge on any atom is 0.260 e. The molecule has 0 saturated carbocycles. The lowest BCUT2D eigenvalue weighted by atomic mass is 9.34. The fourth-order valence-corrected chi connectivity index (χ4v) is 13.5. The zero-order valence-corrected chi connectivity index (χ0v) is 39.5. The number of aromatic nitrogens is 2. The Morgan fingerprint density at radius 3 is 0.973 bits per heavy atom. The van der Waals surface area contributed by atoms with Gasteiger partial charge in [-0.3, -0.25) is 0 Å². The average molecular weight is 943 g/mol. The monoisotopic (exact) mass is 942 g/mol. The van der Waals surface area contributed by atoms with Gasteiger partial charge in [0.05, 0.1) is 22.1 Å². The summed E-state index contributed by atoms with van der Waals surface area (Å²) in [6, 6.07) is 78.4. The van der Waals surface area contributed by atoms with Crippen LogP contribution in [0.25, 0.3) is 87.3 Å². The molecule has 0 radical (unpaired) electrons. The number of nitrogens with zero attached hydrogens (tertiary/aromatic N) is 2. The summed E-state index contributed by atoms with van der Waals surface area (Å²) in [5, 5.41) is 11.5. The zero-order chi connectivity index (χ0) is 47.9. The Balaban J connectivity index is 0.821. The van der Waals surface area contributed by atoms with Gasteiger partial charge >= 0.3 is 0 Å². The Bertz CT molecular complexity index is 4470. The van der Waals surface area contributed by atoms with Gasteiger partial charge in [0, 0.05) is 66.8 Å². The van der Waals surface area contributed by atoms with Crippen molar-refractivity contribution in [3.05, 3.63) is 218 Å². The molecule has 2 aromatic heterocycles. The summed E-state index contributed by atoms with van der Waals surface area (Å²) in [4.78, 5) is 0. The number of hydrogen-bond acceptors (Lipinski definition) is 4. The van der Waals surface area contributed by atoms with Crippen molar-refractivity contribution in [2.45, 2.75) is 0 Å². The highest BCUT2D eigenvalue weighted by Gasteiger charge is 2.43. The molecular formula is C66H36B2N2O4. The summed E-state index contributed by atoms with van der Waals surface area (Å²) >= 11 is 0. The first-order valence-electron chi connectivity index (χ1n) is 25.4. The molecule has 0 bridgehead atoms. The largest absolute Gasteiger partial charge is 0.458 e. The molecule has 0 aliphatic carbocycles. The van der Waals surface area contributed by atoms with E-state index in [1.165, 1.54) is 21.5 Å². The van der Waals surface area contributed by atoms with Gasteiger partial charge in [0.2, 0.25) is 0 Å². The molecule has 0 saturated heterocycles. The average Bonchev–Trinajstić information content (AvgIpc) is 4.04. The number of benzene rings is 12. The second-order valence-electron chi connectivity index (χ2n) is 20.2. The Morgan fingerprint density at radius 2 is 0.581 bits per heavy atom. The topological polar surface area (TPSA) is 46.8 Å². The lowest BCUT2D eigenvalue weighted by molar-refractivity contribution is 0.466. The summed E-state index contributed by atoms with van der Waals surface area (Å²) in [7, 11) is 0. The number of para-hydroxylation sites is 4. The van der Waals surface area contributed by atoms with E-state index in [1.54, 1.807) is 0 Å². The SMILES string of the molecule is c1cc2c3c(c1)Oc1c(ccc4c5ccc6c(c5c5ccccc5c14)Oc1cccc4c1B6c1ccc(-n5c6ccccc6c6ccccc65)cc1O4)B3c1ccc(-n3c4ccccc4c4ccccc43)cc1O2. The Hall–Kier alpha value is -9.65. The smallest absolute Gasteiger partial charge is 0.260 e. The number of ether oxygens (including phenoxy) is 4. The minimum absolute atomic E-state index is 0.110. The fourth-order valence-electron chi connectivity index (χ4n) is 13.5. The van der Waals surface area contributed by atoms with Crippen molar-refractivity contribution in [2.75, 3.05) is 0 Å². The molecule has 6 heterocycles. The number of hydrogen-bond donors (Lipinski definition) is 0. The van der Waals surface area contributed by atoms with Gasteiger partial charge in [0.25, 0.3) is 13.4 Å². The fraction of sp³-hybridized carbons (Fsp3) is 0. The quantitative estimate of drug-likeness (QED) is 0.128. The van der Waals surface area contributed by atoms with Gasteiger partial charge in [-0.25, -0.2) is 0 Å². The van der Waals surface area contributed by atoms with Crippen LogP contribution in [-0.4, -0.2) is 22.6 Å². The van der Waals surface area contributed by atoms with Gasteiger partial charge in [-0.05, 0) is 104 Å². The summed E-state index contributed by atoms with van der Waals surface area (Å²) in [5.41, 5.74) is 13.3. The highest BCUT2D eigenvalue weighted by Crippen LogP contribution is 2.48. The molecule has 0 unspecified atom stereocenters. The summed E-state index contributed by atoms with van der Waals surface area (Å²) in [6.45, 7) is -0.220. The highest BCUT2D eigenvalue weighted by atomic mass is 16.5. The van der Waals surface area contributed by atoms with Crippen LogP contribution in [0, 0.1) is 0 Å². The van der Waals surface area contributed by atoms with Gasteiger partial charge in [-0.2, -0.15) is 0 Å². The Morgan fingerprint density at radius 1 is 0.257 bits per heavy atom. The molecule has 8 heteroatoms. The van der Waals surface area contributed by atoms with E-state index < -0.39 is 0 Å². The van der Waals surface area contributed by atoms with Gasteiger partial charge < -0.3 is 28.1 Å². The van der Waals surface area contributed by atoms with Crippen molar-refractivity contribution in [1.82, 2.24) is 9.13 Å². The summed E-state index contributed by atoms with van der Waals surface area (Å²) in [5.74, 6) is 6.71. The van der Waals surface area contributed by atoms with Crippen LogP contribution in [-0.2, 0) is 0 Å². The molecular weight excluding hydrogens is 906 g/mol. The molecule has 14 aromatic rings. The molecule has 12 aromatic carbocycles. The van der Waals surface area contributed by atoms with Crippen molar-refractivity contribution in [2.24, 2.45) is 0 Å². The molecule has 0 amide bonds. The van der Waals surface area contributed by atoms with E-state index in [0.717, 1.165) is 145 Å². The standard InChI is InChI=1S/C66H36B2N2O4/c1-2-18-44-43(17-1)61-45(29-33-49-65(61)73-57-25-11-23-55-63(57)67(49)47-31-27-37(35-59(47)71-55)69-51-19-7-3-13-39(51)40-14-4-8-20-52(40)69)46-30-34-50-66(62(44)46)74-58-26-12-24-56-64(58)68(50)48-32-28-38(36-60(48)72-56)70-53-21-9-5-15-41(53)42-16-6-10-22-54(42)70/h1-36H. The Kier molecular flexibility index (Phi) is 7.41. The first-order chi connectivity index (χ1) is 36.7. The first kappa shape index (κ1) is 39.0. The number of rotatable bonds is 2. The molecule has 18 rings (SSSR count). The van der Waals surface area contributed by atoms with Crippen LogP contribution in [0.4, 0.5) is 0 Å². The van der Waals surface area contributed by atoms with Crippen molar-refractivity contribution in [3.63, 3.8) is 0 Å². The third-order valence-electron chi connectivity index (χ3n) is 16.5. The van der Waals surface area contributed by atoms with Gasteiger partial charge in [-0.15, -0.1) is 0 Å². The summed E-state index contributed by atoms with van der Waals surface area (Å²) < 4.78 is 32.9. The van der Waals surface area contributed by atoms with Crippen LogP contribution >= 0.6 is 0 Å². The van der Waals surface area contributed by atoms with Crippen molar-refractivity contribution >= 4 is 122 Å². The third kappa shape index (κ3) is 4.97. The van der Waals surface area contributed by atoms with Crippen molar-refractivity contribution in [1.29, 1.82) is 0 Å². The first-order valence-corrected chi connectivity index (χ1v) is 25.4. The Labute approximate surface area is 423 Å². The minimum Gasteiger partial charge on any atom is -0.458 e. The zero-order valence-electron chi connectivity index (χ0n) is 39.5. The molecule has 74 heavy (non-hydrogen) atoms. The minimum atomic E-state index is -0.110. The van der Waals surface area contributed by atoms with Crippen LogP contribution < -0.4 is 51.7 Å². The molecule has 4 aliphatic rings. The van der Waals surface area contributed by atoms with E-state index in [0.29, 0.717) is 0 Å². The molecule has 340 valence electrons. The second kappa shape index (κ2) is 14.1. The predicted octanol–water partition coefficient (Wildman–Crippen LogP) is 12.8. The third-order valence-corrected chi connectivity index (χ3v) is 16.5. The van der Waals surface area contributed by atoms with Crippen LogP contribution in [0.2, 0.25) is 0 Å². The number of fused-ring (bicyclic) bond motifs is 22. The van der Waals surface area contributed by atoms with Gasteiger partial charge in [0.1, 0.15) is 46.0 Å². The maximum atomic E-state index is 7.19. The molecule has 6 nitrogen and oxygen atoms in total. The molecule has 0 spiro atoms. The maximum absolute atomic E-state index is 7.19. The van der Waals surface area contributed by atoms with E-state index in [4.69, 9.17) is 18.9 Å². The second-order valence-corrected chi connectivity index (χ2v) is 20.2. The highest BCUT2D eigenvalue weighted by molar-refractivity contribution is 6.99. The van der Waals surface area contributed by atoms with E-state index >= 15 is 0 Å². The van der Waals surface area contributed by atoms with E-state index in [-0.39, 0.29) is 13.4 Å². The van der Waals surface area contributed by atoms with E-state index in [1.807, 2.05) is 12.1 Å². The normalized spacial score (nSPS) is 13.5. The van der Waals surface area contributed by atoms with Gasteiger partial charge in [0.15, 0.2) is 0 Å². The molecule has 0 fully saturated rings. The van der Waals surface area contributed by atoms with Crippen LogP contribution in [0.5, 0.6) is 46.0 Å². The molecule has 0 atom stereocenters. The van der Waals surface area contributed by atoms with Crippen molar-refractivity contribution < 1.29 is 18.9 Å². The lowest BCUT2D eigenvalue weighted by Gasteiger charge is -2.34. The van der Waals surface area contributed by atoms with Crippen LogP contribution in [0.1, 0.15) is 0 Å².